The van der Waals surface area contributed by atoms with Gasteiger partial charge in [0.15, 0.2) is 0 Å². The Balaban J connectivity index is 1.35. The zero-order valence-corrected chi connectivity index (χ0v) is 15.1. The van der Waals surface area contributed by atoms with E-state index in [0.717, 1.165) is 38.0 Å². The summed E-state index contributed by atoms with van der Waals surface area (Å²) in [6.45, 7) is 3.82. The lowest BCUT2D eigenvalue weighted by atomic mass is 10.2. The number of nitrogens with two attached hydrogens (primary N) is 1. The predicted molar refractivity (Wildman–Crippen MR) is 101 cm³/mol. The number of pyridine rings is 2. The SMILES string of the molecule is Nc1cc(CN2CCN(c3ccc(C(=O)NC4CC4)nc3F)CC2)ccn1. The zero-order valence-electron chi connectivity index (χ0n) is 15.1. The van der Waals surface area contributed by atoms with Crippen LogP contribution in [-0.4, -0.2) is 53.0 Å². The van der Waals surface area contributed by atoms with Gasteiger partial charge in [-0.2, -0.15) is 4.39 Å². The maximum atomic E-state index is 14.5. The molecule has 7 nitrogen and oxygen atoms in total. The molecule has 1 saturated carbocycles. The molecular weight excluding hydrogens is 347 g/mol. The number of nitrogens with one attached hydrogen (secondary N) is 1. The van der Waals surface area contributed by atoms with Gasteiger partial charge in [-0.3, -0.25) is 9.69 Å². The number of anilines is 2. The quantitative estimate of drug-likeness (QED) is 0.774. The van der Waals surface area contributed by atoms with Gasteiger partial charge in [-0.25, -0.2) is 9.97 Å². The first-order valence-electron chi connectivity index (χ1n) is 9.23. The highest BCUT2D eigenvalue weighted by Crippen LogP contribution is 2.22. The molecule has 2 fully saturated rings. The molecule has 0 aromatic carbocycles. The number of halogens is 1. The highest BCUT2D eigenvalue weighted by atomic mass is 19.1. The van der Waals surface area contributed by atoms with Crippen LogP contribution in [0.2, 0.25) is 0 Å². The number of nitrogen functional groups attached to an aromatic ring is 1. The van der Waals surface area contributed by atoms with Crippen molar-refractivity contribution in [1.29, 1.82) is 0 Å². The van der Waals surface area contributed by atoms with Crippen LogP contribution in [0.25, 0.3) is 0 Å². The molecule has 2 aromatic rings. The standard InChI is InChI=1S/C19H23FN6O/c20-18-16(4-3-15(24-18)19(27)23-14-1-2-14)26-9-7-25(8-10-26)12-13-5-6-22-17(21)11-13/h3-6,11,14H,1-2,7-10,12H2,(H2,21,22)(H,23,27). The van der Waals surface area contributed by atoms with Crippen LogP contribution in [0.3, 0.4) is 0 Å². The van der Waals surface area contributed by atoms with E-state index in [1.165, 1.54) is 0 Å². The Morgan fingerprint density at radius 3 is 2.67 bits per heavy atom. The maximum absolute atomic E-state index is 14.5. The summed E-state index contributed by atoms with van der Waals surface area (Å²) in [5, 5.41) is 2.83. The predicted octanol–water partition coefficient (Wildman–Crippen LogP) is 1.41. The summed E-state index contributed by atoms with van der Waals surface area (Å²) in [6.07, 6.45) is 3.69. The molecule has 4 rings (SSSR count). The van der Waals surface area contributed by atoms with Gasteiger partial charge in [0.1, 0.15) is 11.5 Å². The van der Waals surface area contributed by atoms with Crippen molar-refractivity contribution >= 4 is 17.4 Å². The van der Waals surface area contributed by atoms with Gasteiger partial charge in [-0.05, 0) is 42.7 Å². The summed E-state index contributed by atoms with van der Waals surface area (Å²) in [7, 11) is 0. The Bertz CT molecular complexity index is 833. The summed E-state index contributed by atoms with van der Waals surface area (Å²) in [4.78, 5) is 24.2. The molecule has 0 unspecified atom stereocenters. The third-order valence-corrected chi connectivity index (χ3v) is 4.94. The molecule has 1 aliphatic carbocycles. The second-order valence-electron chi connectivity index (χ2n) is 7.11. The minimum Gasteiger partial charge on any atom is -0.384 e. The first-order chi connectivity index (χ1) is 13.1. The van der Waals surface area contributed by atoms with Crippen molar-refractivity contribution in [2.24, 2.45) is 0 Å². The molecule has 2 aromatic heterocycles. The molecule has 0 spiro atoms. The number of hydrogen-bond donors (Lipinski definition) is 2. The number of carbonyl (C=O) groups is 1. The molecule has 8 heteroatoms. The summed E-state index contributed by atoms with van der Waals surface area (Å²) in [6, 6.07) is 7.32. The lowest BCUT2D eigenvalue weighted by Crippen LogP contribution is -2.46. The van der Waals surface area contributed by atoms with E-state index < -0.39 is 5.95 Å². The van der Waals surface area contributed by atoms with Crippen molar-refractivity contribution in [2.45, 2.75) is 25.4 Å². The summed E-state index contributed by atoms with van der Waals surface area (Å²) < 4.78 is 14.5. The number of carbonyl (C=O) groups excluding carboxylic acids is 1. The van der Waals surface area contributed by atoms with Crippen LogP contribution in [0.4, 0.5) is 15.9 Å². The van der Waals surface area contributed by atoms with Gasteiger partial charge in [-0.1, -0.05) is 0 Å². The monoisotopic (exact) mass is 370 g/mol. The molecule has 3 N–H and O–H groups in total. The van der Waals surface area contributed by atoms with Crippen LogP contribution in [0.15, 0.2) is 30.5 Å². The van der Waals surface area contributed by atoms with Gasteiger partial charge < -0.3 is 16.0 Å². The Kier molecular flexibility index (Phi) is 4.89. The van der Waals surface area contributed by atoms with E-state index in [4.69, 9.17) is 5.73 Å². The van der Waals surface area contributed by atoms with Gasteiger partial charge in [0.05, 0.1) is 5.69 Å². The minimum atomic E-state index is -0.589. The highest BCUT2D eigenvalue weighted by Gasteiger charge is 2.25. The van der Waals surface area contributed by atoms with Gasteiger partial charge in [0, 0.05) is 45.0 Å². The van der Waals surface area contributed by atoms with Crippen molar-refractivity contribution in [3.63, 3.8) is 0 Å². The maximum Gasteiger partial charge on any atom is 0.270 e. The van der Waals surface area contributed by atoms with Gasteiger partial charge in [0.25, 0.3) is 5.91 Å². The van der Waals surface area contributed by atoms with E-state index in [1.54, 1.807) is 18.3 Å². The van der Waals surface area contributed by atoms with Gasteiger partial charge in [0.2, 0.25) is 5.95 Å². The van der Waals surface area contributed by atoms with E-state index >= 15 is 0 Å². The third-order valence-electron chi connectivity index (χ3n) is 4.94. The Hall–Kier alpha value is -2.74. The van der Waals surface area contributed by atoms with Crippen LogP contribution in [0.1, 0.15) is 28.9 Å². The lowest BCUT2D eigenvalue weighted by molar-refractivity contribution is 0.0945. The molecule has 0 bridgehead atoms. The number of hydrogen-bond acceptors (Lipinski definition) is 6. The van der Waals surface area contributed by atoms with Gasteiger partial charge in [-0.15, -0.1) is 0 Å². The molecule has 27 heavy (non-hydrogen) atoms. The minimum absolute atomic E-state index is 0.136. The van der Waals surface area contributed by atoms with Crippen LogP contribution < -0.4 is 16.0 Å². The van der Waals surface area contributed by atoms with Gasteiger partial charge >= 0.3 is 0 Å². The second-order valence-corrected chi connectivity index (χ2v) is 7.11. The topological polar surface area (TPSA) is 87.4 Å². The summed E-state index contributed by atoms with van der Waals surface area (Å²) >= 11 is 0. The average molecular weight is 370 g/mol. The summed E-state index contributed by atoms with van der Waals surface area (Å²) in [5.41, 5.74) is 7.43. The Morgan fingerprint density at radius 2 is 2.00 bits per heavy atom. The fourth-order valence-electron chi connectivity index (χ4n) is 3.27. The van der Waals surface area contributed by atoms with Crippen molar-refractivity contribution in [1.82, 2.24) is 20.2 Å². The highest BCUT2D eigenvalue weighted by molar-refractivity contribution is 5.92. The molecule has 1 amide bonds. The van der Waals surface area contributed by atoms with Crippen molar-refractivity contribution < 1.29 is 9.18 Å². The first kappa shape index (κ1) is 17.7. The molecule has 0 atom stereocenters. The molecule has 3 heterocycles. The molecule has 0 radical (unpaired) electrons. The van der Waals surface area contributed by atoms with E-state index in [9.17, 15) is 9.18 Å². The van der Waals surface area contributed by atoms with E-state index in [2.05, 4.69) is 20.2 Å². The zero-order chi connectivity index (χ0) is 18.8. The normalized spacial score (nSPS) is 17.7. The fraction of sp³-hybridized carbons (Fsp3) is 0.421. The Labute approximate surface area is 157 Å². The van der Waals surface area contributed by atoms with Crippen molar-refractivity contribution in [2.75, 3.05) is 36.8 Å². The smallest absolute Gasteiger partial charge is 0.270 e. The van der Waals surface area contributed by atoms with E-state index in [1.807, 2.05) is 17.0 Å². The van der Waals surface area contributed by atoms with Crippen LogP contribution in [0, 0.1) is 5.95 Å². The van der Waals surface area contributed by atoms with E-state index in [0.29, 0.717) is 24.6 Å². The van der Waals surface area contributed by atoms with Crippen LogP contribution >= 0.6 is 0 Å². The van der Waals surface area contributed by atoms with E-state index in [-0.39, 0.29) is 17.6 Å². The second kappa shape index (κ2) is 7.48. The van der Waals surface area contributed by atoms with Crippen molar-refractivity contribution in [3.8, 4) is 0 Å². The largest absolute Gasteiger partial charge is 0.384 e. The number of piperazine rings is 1. The lowest BCUT2D eigenvalue weighted by Gasteiger charge is -2.36. The molecular formula is C19H23FN6O. The van der Waals surface area contributed by atoms with Crippen LogP contribution in [-0.2, 0) is 6.54 Å². The summed E-state index contributed by atoms with van der Waals surface area (Å²) in [5.74, 6) is -0.372. The number of nitrogens with zero attached hydrogens (tertiary/aromatic N) is 4. The third kappa shape index (κ3) is 4.33. The van der Waals surface area contributed by atoms with Crippen LogP contribution in [0.5, 0.6) is 0 Å². The number of aromatic nitrogens is 2. The Morgan fingerprint density at radius 1 is 1.22 bits per heavy atom. The fourth-order valence-corrected chi connectivity index (χ4v) is 3.27. The average Bonchev–Trinajstić information content (AvgIpc) is 3.46. The number of rotatable bonds is 5. The number of amides is 1. The van der Waals surface area contributed by atoms with Crippen molar-refractivity contribution in [3.05, 3.63) is 47.7 Å². The molecule has 1 aliphatic heterocycles. The molecule has 142 valence electrons. The molecule has 1 saturated heterocycles. The first-order valence-corrected chi connectivity index (χ1v) is 9.23. The molecule has 2 aliphatic rings.